The molecule has 1 atom stereocenters. The topological polar surface area (TPSA) is 38.8 Å². The molecule has 1 aliphatic heterocycles. The summed E-state index contributed by atoms with van der Waals surface area (Å²) < 4.78 is 11.1. The van der Waals surface area contributed by atoms with Crippen molar-refractivity contribution in [1.82, 2.24) is 4.90 Å². The van der Waals surface area contributed by atoms with Crippen LogP contribution in [0.2, 0.25) is 0 Å². The first-order chi connectivity index (χ1) is 7.69. The molecule has 1 saturated heterocycles. The van der Waals surface area contributed by atoms with Crippen molar-refractivity contribution in [3.05, 3.63) is 0 Å². The van der Waals surface area contributed by atoms with Gasteiger partial charge in [-0.15, -0.1) is 0 Å². The number of likely N-dealkylation sites (tertiary alicyclic amines) is 1. The van der Waals surface area contributed by atoms with E-state index >= 15 is 0 Å². The van der Waals surface area contributed by atoms with Crippen molar-refractivity contribution in [2.24, 2.45) is 0 Å². The monoisotopic (exact) mass is 245 g/mol. The van der Waals surface area contributed by atoms with Gasteiger partial charge in [-0.1, -0.05) is 0 Å². The Morgan fingerprint density at radius 2 is 2.00 bits per heavy atom. The first-order valence-electron chi connectivity index (χ1n) is 6.21. The summed E-state index contributed by atoms with van der Waals surface area (Å²) in [6.45, 7) is 8.35. The summed E-state index contributed by atoms with van der Waals surface area (Å²) in [6.07, 6.45) is 1.72. The Bertz CT molecular complexity index is 219. The molecule has 0 N–H and O–H groups in total. The van der Waals surface area contributed by atoms with Crippen LogP contribution in [0, 0.1) is 0 Å². The van der Waals surface area contributed by atoms with Gasteiger partial charge in [0.1, 0.15) is 15.4 Å². The van der Waals surface area contributed by atoms with Gasteiger partial charge in [-0.2, -0.15) is 0 Å². The van der Waals surface area contributed by atoms with Crippen LogP contribution < -0.4 is 0 Å². The van der Waals surface area contributed by atoms with Crippen LogP contribution in [0.4, 0.5) is 0 Å². The number of carbonyl (C=O) groups excluding carboxylic acids is 1. The lowest BCUT2D eigenvalue weighted by atomic mass is 10.4. The molecule has 1 rings (SSSR count). The molecule has 0 saturated carbocycles. The Balaban J connectivity index is 2.40. The van der Waals surface area contributed by atoms with Crippen molar-refractivity contribution in [2.75, 3.05) is 19.8 Å². The van der Waals surface area contributed by atoms with Crippen LogP contribution in [0.1, 0.15) is 33.6 Å². The zero-order chi connectivity index (χ0) is 12.0. The third-order valence-corrected chi connectivity index (χ3v) is 4.86. The molecule has 1 fully saturated rings. The summed E-state index contributed by atoms with van der Waals surface area (Å²) >= 11 is 0. The smallest absolute Gasteiger partial charge is 0.222 e. The fraction of sp³-hybridized carbons (Fsp3) is 0.909. The largest absolute Gasteiger partial charge is 0.357 e. The van der Waals surface area contributed by atoms with Crippen LogP contribution >= 0.6 is 0 Å². The minimum Gasteiger partial charge on any atom is -0.357 e. The van der Waals surface area contributed by atoms with Gasteiger partial charge in [0.15, 0.2) is 0 Å². The van der Waals surface area contributed by atoms with E-state index in [0.717, 1.165) is 13.0 Å². The Kier molecular flexibility index (Phi) is 6.01. The van der Waals surface area contributed by atoms with E-state index in [0.29, 0.717) is 31.2 Å². The Labute approximate surface area is 100 Å². The summed E-state index contributed by atoms with van der Waals surface area (Å²) in [4.78, 5) is 13.6. The molecular weight excluding hydrogens is 222 g/mol. The van der Waals surface area contributed by atoms with Gasteiger partial charge in [0, 0.05) is 31.8 Å². The van der Waals surface area contributed by atoms with E-state index in [9.17, 15) is 4.79 Å². The SMILES string of the molecule is CCOC(OCC)[SiH2]C(C)N1CCCC1=O. The molecule has 1 heterocycles. The average Bonchev–Trinajstić information content (AvgIpc) is 2.65. The number of amides is 1. The first kappa shape index (κ1) is 13.7. The van der Waals surface area contributed by atoms with E-state index in [1.807, 2.05) is 18.7 Å². The molecule has 1 amide bonds. The maximum Gasteiger partial charge on any atom is 0.222 e. The lowest BCUT2D eigenvalue weighted by Gasteiger charge is -2.27. The van der Waals surface area contributed by atoms with E-state index in [4.69, 9.17) is 9.47 Å². The summed E-state index contributed by atoms with van der Waals surface area (Å²) in [7, 11) is -0.573. The lowest BCUT2D eigenvalue weighted by Crippen LogP contribution is -2.44. The van der Waals surface area contributed by atoms with Crippen LogP contribution in [0.5, 0.6) is 0 Å². The summed E-state index contributed by atoms with van der Waals surface area (Å²) in [6, 6.07) is 0. The van der Waals surface area contributed by atoms with Crippen molar-refractivity contribution < 1.29 is 14.3 Å². The van der Waals surface area contributed by atoms with Gasteiger partial charge >= 0.3 is 0 Å². The van der Waals surface area contributed by atoms with Crippen LogP contribution in [0.15, 0.2) is 0 Å². The molecule has 1 aliphatic rings. The van der Waals surface area contributed by atoms with Crippen molar-refractivity contribution >= 4 is 15.4 Å². The Hall–Kier alpha value is -0.393. The number of carbonyl (C=O) groups is 1. The molecule has 0 aliphatic carbocycles. The van der Waals surface area contributed by atoms with Gasteiger partial charge < -0.3 is 14.4 Å². The minimum absolute atomic E-state index is 0.0431. The second-order valence-corrected chi connectivity index (χ2v) is 6.44. The van der Waals surface area contributed by atoms with Crippen LogP contribution in [0.25, 0.3) is 0 Å². The van der Waals surface area contributed by atoms with Crippen LogP contribution in [-0.4, -0.2) is 51.7 Å². The predicted octanol–water partition coefficient (Wildman–Crippen LogP) is 0.480. The molecular formula is C11H23NO3Si. The molecule has 0 aromatic carbocycles. The highest BCUT2D eigenvalue weighted by Gasteiger charge is 2.27. The third-order valence-electron chi connectivity index (χ3n) is 2.88. The number of hydrogen-bond acceptors (Lipinski definition) is 3. The fourth-order valence-corrected chi connectivity index (χ4v) is 4.04. The molecule has 1 unspecified atom stereocenters. The molecule has 0 aromatic heterocycles. The molecule has 0 radical (unpaired) electrons. The van der Waals surface area contributed by atoms with E-state index in [1.54, 1.807) is 0 Å². The van der Waals surface area contributed by atoms with E-state index in [2.05, 4.69) is 6.92 Å². The zero-order valence-electron chi connectivity index (χ0n) is 10.6. The summed E-state index contributed by atoms with van der Waals surface area (Å²) in [5, 5.41) is 0. The van der Waals surface area contributed by atoms with Gasteiger partial charge in [-0.05, 0) is 27.2 Å². The molecule has 4 nitrogen and oxygen atoms in total. The van der Waals surface area contributed by atoms with Gasteiger partial charge in [0.25, 0.3) is 0 Å². The van der Waals surface area contributed by atoms with Crippen LogP contribution in [0.3, 0.4) is 0 Å². The number of hydrogen-bond donors (Lipinski definition) is 0. The summed E-state index contributed by atoms with van der Waals surface area (Å²) in [5.74, 6) is 0.255. The third kappa shape index (κ3) is 3.88. The van der Waals surface area contributed by atoms with E-state index < -0.39 is 9.52 Å². The number of rotatable bonds is 7. The molecule has 0 aromatic rings. The second-order valence-electron chi connectivity index (χ2n) is 4.12. The van der Waals surface area contributed by atoms with Gasteiger partial charge in [-0.3, -0.25) is 4.79 Å². The summed E-state index contributed by atoms with van der Waals surface area (Å²) in [5.41, 5.74) is 0.345. The van der Waals surface area contributed by atoms with E-state index in [-0.39, 0.29) is 5.91 Å². The quantitative estimate of drug-likeness (QED) is 0.484. The van der Waals surface area contributed by atoms with Crippen molar-refractivity contribution in [2.45, 2.75) is 45.2 Å². The Morgan fingerprint density at radius 3 is 2.44 bits per heavy atom. The van der Waals surface area contributed by atoms with Crippen molar-refractivity contribution in [3.63, 3.8) is 0 Å². The molecule has 0 bridgehead atoms. The molecule has 16 heavy (non-hydrogen) atoms. The average molecular weight is 245 g/mol. The van der Waals surface area contributed by atoms with Crippen molar-refractivity contribution in [1.29, 1.82) is 0 Å². The highest BCUT2D eigenvalue weighted by molar-refractivity contribution is 6.39. The zero-order valence-corrected chi connectivity index (χ0v) is 12.0. The fourth-order valence-electron chi connectivity index (χ4n) is 2.10. The first-order valence-corrected chi connectivity index (χ1v) is 7.85. The maximum absolute atomic E-state index is 11.6. The molecule has 0 spiro atoms. The predicted molar refractivity (Wildman–Crippen MR) is 66.0 cm³/mol. The highest BCUT2D eigenvalue weighted by Crippen LogP contribution is 2.13. The molecule has 94 valence electrons. The highest BCUT2D eigenvalue weighted by atomic mass is 28.2. The maximum atomic E-state index is 11.6. The lowest BCUT2D eigenvalue weighted by molar-refractivity contribution is -0.128. The number of ether oxygens (including phenoxy) is 2. The van der Waals surface area contributed by atoms with Gasteiger partial charge in [0.2, 0.25) is 5.91 Å². The normalized spacial score (nSPS) is 19.2. The van der Waals surface area contributed by atoms with E-state index in [1.165, 1.54) is 0 Å². The standard InChI is InChI=1S/C11H23NO3Si/c1-4-14-11(15-5-2)16-9(3)12-8-6-7-10(12)13/h9,11H,4-8,16H2,1-3H3. The molecule has 5 heteroatoms. The minimum atomic E-state index is -0.573. The van der Waals surface area contributed by atoms with Crippen LogP contribution in [-0.2, 0) is 14.3 Å². The second kappa shape index (κ2) is 7.03. The van der Waals surface area contributed by atoms with Gasteiger partial charge in [0.05, 0.1) is 0 Å². The Morgan fingerprint density at radius 1 is 1.38 bits per heavy atom. The number of nitrogens with zero attached hydrogens (tertiary/aromatic N) is 1. The van der Waals surface area contributed by atoms with Crippen molar-refractivity contribution in [3.8, 4) is 0 Å². The van der Waals surface area contributed by atoms with Gasteiger partial charge in [-0.25, -0.2) is 0 Å².